The van der Waals surface area contributed by atoms with Crippen molar-refractivity contribution >= 4 is 40.3 Å². The van der Waals surface area contributed by atoms with Gasteiger partial charge in [-0.3, -0.25) is 4.79 Å². The van der Waals surface area contributed by atoms with Gasteiger partial charge in [0.25, 0.3) is 0 Å². The maximum atomic E-state index is 12.7. The lowest BCUT2D eigenvalue weighted by Crippen LogP contribution is -2.17. The largest absolute Gasteiger partial charge is 0.511 e. The second-order valence-corrected chi connectivity index (χ2v) is 7.22. The predicted molar refractivity (Wildman–Crippen MR) is 107 cm³/mol. The fourth-order valence-corrected chi connectivity index (χ4v) is 3.37. The highest BCUT2D eigenvalue weighted by atomic mass is 35.5. The molecule has 0 saturated carbocycles. The first-order valence-electron chi connectivity index (χ1n) is 8.29. The summed E-state index contributed by atoms with van der Waals surface area (Å²) < 4.78 is 6.49. The van der Waals surface area contributed by atoms with Gasteiger partial charge in [-0.15, -0.1) is 0 Å². The summed E-state index contributed by atoms with van der Waals surface area (Å²) in [5, 5.41) is 10.2. The van der Waals surface area contributed by atoms with E-state index in [0.717, 1.165) is 11.1 Å². The van der Waals surface area contributed by atoms with E-state index in [9.17, 15) is 9.59 Å². The number of rotatable bonds is 4. The van der Waals surface area contributed by atoms with Gasteiger partial charge in [0.05, 0.1) is 21.8 Å². The molecule has 0 spiro atoms. The smallest absolute Gasteiger partial charge is 0.449 e. The maximum absolute atomic E-state index is 12.7. The zero-order valence-electron chi connectivity index (χ0n) is 14.7. The van der Waals surface area contributed by atoms with Crippen LogP contribution in [0.2, 0.25) is 10.0 Å². The minimum atomic E-state index is -1.52. The van der Waals surface area contributed by atoms with E-state index in [-0.39, 0.29) is 11.8 Å². The topological polar surface area (TPSA) is 68.5 Å². The molecule has 0 bridgehead atoms. The van der Waals surface area contributed by atoms with Crippen LogP contribution in [0.3, 0.4) is 0 Å². The molecular formula is C20H17Cl2NO4. The van der Waals surface area contributed by atoms with Crippen molar-refractivity contribution in [2.75, 3.05) is 0 Å². The zero-order chi connectivity index (χ0) is 19.7. The number of hydrogen-bond donors (Lipinski definition) is 1. The molecule has 0 amide bonds. The number of benzene rings is 2. The Hall–Kier alpha value is -2.50. The Balaban J connectivity index is 2.15. The lowest BCUT2D eigenvalue weighted by Gasteiger charge is -2.17. The van der Waals surface area contributed by atoms with Crippen LogP contribution in [0, 0.1) is 0 Å². The number of halogens is 2. The summed E-state index contributed by atoms with van der Waals surface area (Å²) in [6, 6.07) is 10.9. The van der Waals surface area contributed by atoms with E-state index >= 15 is 0 Å². The molecule has 140 valence electrons. The molecule has 0 aliphatic carbocycles. The van der Waals surface area contributed by atoms with Crippen LogP contribution in [0.4, 0.5) is 4.79 Å². The molecule has 0 radical (unpaired) electrons. The summed E-state index contributed by atoms with van der Waals surface area (Å²) >= 11 is 12.3. The summed E-state index contributed by atoms with van der Waals surface area (Å²) in [5.41, 5.74) is 1.93. The van der Waals surface area contributed by atoms with Gasteiger partial charge < -0.3 is 14.4 Å². The molecular weight excluding hydrogens is 389 g/mol. The minimum Gasteiger partial charge on any atom is -0.449 e. The number of aromatic nitrogens is 1. The summed E-state index contributed by atoms with van der Waals surface area (Å²) in [6.07, 6.45) is 0.390. The second kappa shape index (κ2) is 7.62. The zero-order valence-corrected chi connectivity index (χ0v) is 16.2. The second-order valence-electron chi connectivity index (χ2n) is 6.43. The highest BCUT2D eigenvalue weighted by molar-refractivity contribution is 6.42. The van der Waals surface area contributed by atoms with Gasteiger partial charge in [-0.1, -0.05) is 41.4 Å². The monoisotopic (exact) mass is 405 g/mol. The predicted octanol–water partition coefficient (Wildman–Crippen LogP) is 5.54. The molecule has 2 aromatic carbocycles. The molecule has 1 aromatic heterocycles. The van der Waals surface area contributed by atoms with Gasteiger partial charge in [0.2, 0.25) is 5.43 Å². The minimum absolute atomic E-state index is 0.0115. The summed E-state index contributed by atoms with van der Waals surface area (Å²) in [7, 11) is 0. The molecule has 0 fully saturated rings. The van der Waals surface area contributed by atoms with Crippen molar-refractivity contribution in [3.05, 3.63) is 74.0 Å². The molecule has 27 heavy (non-hydrogen) atoms. The van der Waals surface area contributed by atoms with E-state index in [1.165, 1.54) is 6.20 Å². The fourth-order valence-electron chi connectivity index (χ4n) is 2.99. The standard InChI is InChI=1S/C20H17Cl2NO4/c1-11(2)23-10-17(27-20(25)26)19(24)14-9-12(6-7-16(14)23)8-13-4-3-5-15(21)18(13)22/h3-7,9-11H,8H2,1-2H3,(H,25,26). The van der Waals surface area contributed by atoms with Gasteiger partial charge in [0, 0.05) is 11.4 Å². The van der Waals surface area contributed by atoms with Gasteiger partial charge in [-0.05, 0) is 49.6 Å². The number of nitrogens with zero attached hydrogens (tertiary/aromatic N) is 1. The molecule has 0 unspecified atom stereocenters. The van der Waals surface area contributed by atoms with Crippen molar-refractivity contribution in [2.45, 2.75) is 26.3 Å². The van der Waals surface area contributed by atoms with Crippen molar-refractivity contribution < 1.29 is 14.6 Å². The van der Waals surface area contributed by atoms with Crippen molar-refractivity contribution in [2.24, 2.45) is 0 Å². The van der Waals surface area contributed by atoms with Gasteiger partial charge >= 0.3 is 6.16 Å². The number of fused-ring (bicyclic) bond motifs is 1. The highest BCUT2D eigenvalue weighted by Gasteiger charge is 2.15. The molecule has 0 saturated heterocycles. The molecule has 1 N–H and O–H groups in total. The van der Waals surface area contributed by atoms with Gasteiger partial charge in [-0.25, -0.2) is 4.79 Å². The van der Waals surface area contributed by atoms with Crippen LogP contribution in [0.15, 0.2) is 47.4 Å². The molecule has 0 atom stereocenters. The Morgan fingerprint density at radius 2 is 1.96 bits per heavy atom. The van der Waals surface area contributed by atoms with E-state index < -0.39 is 11.6 Å². The number of pyridine rings is 1. The third-order valence-electron chi connectivity index (χ3n) is 4.24. The van der Waals surface area contributed by atoms with Gasteiger partial charge in [0.15, 0.2) is 5.75 Å². The molecule has 0 aliphatic heterocycles. The van der Waals surface area contributed by atoms with Crippen LogP contribution in [0.5, 0.6) is 5.75 Å². The van der Waals surface area contributed by atoms with Crippen LogP contribution in [0.25, 0.3) is 10.9 Å². The van der Waals surface area contributed by atoms with Crippen LogP contribution < -0.4 is 10.2 Å². The average Bonchev–Trinajstić information content (AvgIpc) is 2.61. The van der Waals surface area contributed by atoms with Crippen molar-refractivity contribution in [1.29, 1.82) is 0 Å². The van der Waals surface area contributed by atoms with Crippen LogP contribution in [-0.2, 0) is 6.42 Å². The van der Waals surface area contributed by atoms with Crippen molar-refractivity contribution in [3.63, 3.8) is 0 Å². The number of carboxylic acid groups (broad SMARTS) is 1. The van der Waals surface area contributed by atoms with Crippen molar-refractivity contribution in [1.82, 2.24) is 4.57 Å². The summed E-state index contributed by atoms with van der Waals surface area (Å²) in [5.74, 6) is -0.221. The molecule has 1 heterocycles. The lowest BCUT2D eigenvalue weighted by atomic mass is 10.0. The first kappa shape index (κ1) is 19.3. The Labute approximate surface area is 165 Å². The maximum Gasteiger partial charge on any atom is 0.511 e. The van der Waals surface area contributed by atoms with E-state index in [1.54, 1.807) is 12.1 Å². The number of hydrogen-bond acceptors (Lipinski definition) is 3. The molecule has 5 nitrogen and oxygen atoms in total. The third-order valence-corrected chi connectivity index (χ3v) is 5.10. The normalized spacial score (nSPS) is 11.1. The Morgan fingerprint density at radius 1 is 1.22 bits per heavy atom. The Morgan fingerprint density at radius 3 is 2.63 bits per heavy atom. The molecule has 0 aliphatic rings. The Bertz CT molecular complexity index is 1090. The molecule has 3 rings (SSSR count). The van der Waals surface area contributed by atoms with Crippen molar-refractivity contribution in [3.8, 4) is 5.75 Å². The quantitative estimate of drug-likeness (QED) is 0.578. The van der Waals surface area contributed by atoms with E-state index in [0.29, 0.717) is 27.4 Å². The van der Waals surface area contributed by atoms with Gasteiger partial charge in [-0.2, -0.15) is 0 Å². The summed E-state index contributed by atoms with van der Waals surface area (Å²) in [6.45, 7) is 3.88. The fraction of sp³-hybridized carbons (Fsp3) is 0.200. The Kier molecular flexibility index (Phi) is 5.44. The van der Waals surface area contributed by atoms with Crippen LogP contribution in [0.1, 0.15) is 31.0 Å². The average molecular weight is 406 g/mol. The first-order chi connectivity index (χ1) is 12.8. The van der Waals surface area contributed by atoms with E-state index in [1.807, 2.05) is 42.7 Å². The lowest BCUT2D eigenvalue weighted by molar-refractivity contribution is 0.143. The number of carbonyl (C=O) groups is 1. The summed E-state index contributed by atoms with van der Waals surface area (Å²) in [4.78, 5) is 23.6. The third kappa shape index (κ3) is 3.94. The van der Waals surface area contributed by atoms with Gasteiger partial charge in [0.1, 0.15) is 0 Å². The first-order valence-corrected chi connectivity index (χ1v) is 9.05. The van der Waals surface area contributed by atoms with E-state index in [2.05, 4.69) is 4.74 Å². The number of ether oxygens (including phenoxy) is 1. The highest BCUT2D eigenvalue weighted by Crippen LogP contribution is 2.28. The van der Waals surface area contributed by atoms with Crippen LogP contribution in [-0.4, -0.2) is 15.8 Å². The van der Waals surface area contributed by atoms with E-state index in [4.69, 9.17) is 28.3 Å². The SMILES string of the molecule is CC(C)n1cc(OC(=O)O)c(=O)c2cc(Cc3cccc(Cl)c3Cl)ccc21. The molecule has 7 heteroatoms. The van der Waals surface area contributed by atoms with Crippen LogP contribution >= 0.6 is 23.2 Å². The molecule has 3 aromatic rings.